The highest BCUT2D eigenvalue weighted by Gasteiger charge is 2.17. The van der Waals surface area contributed by atoms with E-state index < -0.39 is 0 Å². The Labute approximate surface area is 132 Å². The topological polar surface area (TPSA) is 50.9 Å². The molecular weight excluding hydrogens is 333 g/mol. The lowest BCUT2D eigenvalue weighted by molar-refractivity contribution is 0.497. The largest absolute Gasteiger partial charge is 0.398 e. The van der Waals surface area contributed by atoms with Gasteiger partial charge in [-0.05, 0) is 49.2 Å². The average Bonchev–Trinajstić information content (AvgIpc) is 2.48. The van der Waals surface area contributed by atoms with Gasteiger partial charge in [0.1, 0.15) is 5.82 Å². The van der Waals surface area contributed by atoms with Crippen LogP contribution in [0.4, 0.5) is 10.1 Å². The van der Waals surface area contributed by atoms with Gasteiger partial charge < -0.3 is 11.1 Å². The van der Waals surface area contributed by atoms with E-state index in [2.05, 4.69) is 33.2 Å². The van der Waals surface area contributed by atoms with Crippen LogP contribution in [-0.2, 0) is 6.42 Å². The second kappa shape index (κ2) is 7.52. The van der Waals surface area contributed by atoms with Crippen molar-refractivity contribution in [3.63, 3.8) is 0 Å². The highest BCUT2D eigenvalue weighted by Crippen LogP contribution is 2.26. The summed E-state index contributed by atoms with van der Waals surface area (Å²) in [5.74, 6) is -0.214. The van der Waals surface area contributed by atoms with E-state index in [9.17, 15) is 4.39 Å². The first-order valence-electron chi connectivity index (χ1n) is 6.98. The minimum absolute atomic E-state index is 0.131. The summed E-state index contributed by atoms with van der Waals surface area (Å²) < 4.78 is 15.0. The van der Waals surface area contributed by atoms with Crippen molar-refractivity contribution in [2.24, 2.45) is 0 Å². The monoisotopic (exact) mass is 351 g/mol. The second-order valence-electron chi connectivity index (χ2n) is 4.95. The maximum absolute atomic E-state index is 14.1. The molecule has 21 heavy (non-hydrogen) atoms. The zero-order valence-electron chi connectivity index (χ0n) is 11.9. The Morgan fingerprint density at radius 3 is 2.90 bits per heavy atom. The van der Waals surface area contributed by atoms with E-state index in [0.717, 1.165) is 23.0 Å². The van der Waals surface area contributed by atoms with Gasteiger partial charge in [-0.3, -0.25) is 4.98 Å². The predicted octanol–water partition coefficient (Wildman–Crippen LogP) is 3.85. The molecule has 0 amide bonds. The number of rotatable bonds is 6. The molecule has 3 N–H and O–H groups in total. The van der Waals surface area contributed by atoms with E-state index in [4.69, 9.17) is 5.73 Å². The molecular formula is C16H19BrFN3. The van der Waals surface area contributed by atoms with Crippen molar-refractivity contribution in [2.75, 3.05) is 12.3 Å². The third-order valence-corrected chi connectivity index (χ3v) is 3.83. The number of aromatic nitrogens is 1. The van der Waals surface area contributed by atoms with Crippen LogP contribution in [-0.4, -0.2) is 11.5 Å². The van der Waals surface area contributed by atoms with Crippen LogP contribution in [0.3, 0.4) is 0 Å². The zero-order valence-corrected chi connectivity index (χ0v) is 13.5. The van der Waals surface area contributed by atoms with Crippen molar-refractivity contribution < 1.29 is 4.39 Å². The Morgan fingerprint density at radius 2 is 2.19 bits per heavy atom. The standard InChI is InChI=1S/C16H19BrFN3/c1-2-6-21-16(8-11-10-20-7-5-15(11)19)13-9-12(17)3-4-14(13)18/h3-5,7,9-10,16,21H,2,6,8H2,1H3,(H2,19,20). The number of hydrogen-bond acceptors (Lipinski definition) is 3. The Morgan fingerprint density at radius 1 is 1.38 bits per heavy atom. The summed E-state index contributed by atoms with van der Waals surface area (Å²) in [6, 6.07) is 6.63. The van der Waals surface area contributed by atoms with Crippen LogP contribution in [0.5, 0.6) is 0 Å². The number of anilines is 1. The lowest BCUT2D eigenvalue weighted by Gasteiger charge is -2.20. The summed E-state index contributed by atoms with van der Waals surface area (Å²) in [6.45, 7) is 2.90. The van der Waals surface area contributed by atoms with Crippen molar-refractivity contribution in [2.45, 2.75) is 25.8 Å². The van der Waals surface area contributed by atoms with E-state index in [1.54, 1.807) is 24.5 Å². The Kier molecular flexibility index (Phi) is 5.70. The maximum atomic E-state index is 14.1. The van der Waals surface area contributed by atoms with Crippen LogP contribution in [0.1, 0.15) is 30.5 Å². The van der Waals surface area contributed by atoms with Crippen LogP contribution >= 0.6 is 15.9 Å². The predicted molar refractivity (Wildman–Crippen MR) is 87.5 cm³/mol. The van der Waals surface area contributed by atoms with Gasteiger partial charge in [0.15, 0.2) is 0 Å². The minimum Gasteiger partial charge on any atom is -0.398 e. The fraction of sp³-hybridized carbons (Fsp3) is 0.312. The summed E-state index contributed by atoms with van der Waals surface area (Å²) in [4.78, 5) is 4.10. The molecule has 0 fully saturated rings. The summed E-state index contributed by atoms with van der Waals surface area (Å²) in [6.07, 6.45) is 4.99. The van der Waals surface area contributed by atoms with Crippen LogP contribution < -0.4 is 11.1 Å². The number of nitrogens with zero attached hydrogens (tertiary/aromatic N) is 1. The van der Waals surface area contributed by atoms with Gasteiger partial charge in [0.05, 0.1) is 0 Å². The molecule has 1 atom stereocenters. The lowest BCUT2D eigenvalue weighted by atomic mass is 9.98. The van der Waals surface area contributed by atoms with E-state index in [1.165, 1.54) is 6.07 Å². The number of halogens is 2. The molecule has 0 aliphatic heterocycles. The minimum atomic E-state index is -0.214. The highest BCUT2D eigenvalue weighted by molar-refractivity contribution is 9.10. The smallest absolute Gasteiger partial charge is 0.128 e. The Bertz CT molecular complexity index is 604. The van der Waals surface area contributed by atoms with Crippen molar-refractivity contribution in [1.82, 2.24) is 10.3 Å². The molecule has 2 aromatic rings. The highest BCUT2D eigenvalue weighted by atomic mass is 79.9. The molecule has 1 heterocycles. The Balaban J connectivity index is 2.30. The zero-order chi connectivity index (χ0) is 15.2. The molecule has 0 aliphatic carbocycles. The number of nitrogens with one attached hydrogen (secondary N) is 1. The van der Waals surface area contributed by atoms with Gasteiger partial charge in [0.2, 0.25) is 0 Å². The number of benzene rings is 1. The molecule has 0 spiro atoms. The van der Waals surface area contributed by atoms with Crippen molar-refractivity contribution in [3.8, 4) is 0 Å². The SMILES string of the molecule is CCCNC(Cc1cnccc1N)c1cc(Br)ccc1F. The van der Waals surface area contributed by atoms with E-state index >= 15 is 0 Å². The summed E-state index contributed by atoms with van der Waals surface area (Å²) in [5.41, 5.74) is 8.22. The third kappa shape index (κ3) is 4.25. The van der Waals surface area contributed by atoms with Crippen LogP contribution in [0.2, 0.25) is 0 Å². The van der Waals surface area contributed by atoms with Crippen molar-refractivity contribution in [3.05, 3.63) is 58.1 Å². The average molecular weight is 352 g/mol. The van der Waals surface area contributed by atoms with Crippen LogP contribution in [0.15, 0.2) is 41.1 Å². The van der Waals surface area contributed by atoms with Crippen molar-refractivity contribution in [1.29, 1.82) is 0 Å². The normalized spacial score (nSPS) is 12.3. The van der Waals surface area contributed by atoms with Gasteiger partial charge in [-0.1, -0.05) is 22.9 Å². The van der Waals surface area contributed by atoms with E-state index in [1.807, 2.05) is 6.07 Å². The molecule has 112 valence electrons. The number of nitrogens with two attached hydrogens (primary N) is 1. The third-order valence-electron chi connectivity index (χ3n) is 3.34. The van der Waals surface area contributed by atoms with Gasteiger partial charge in [-0.25, -0.2) is 4.39 Å². The fourth-order valence-electron chi connectivity index (χ4n) is 2.22. The van der Waals surface area contributed by atoms with Crippen LogP contribution in [0.25, 0.3) is 0 Å². The van der Waals surface area contributed by atoms with Gasteiger partial charge in [-0.2, -0.15) is 0 Å². The molecule has 0 bridgehead atoms. The molecule has 1 unspecified atom stereocenters. The van der Waals surface area contributed by atoms with E-state index in [0.29, 0.717) is 17.7 Å². The van der Waals surface area contributed by atoms with Gasteiger partial charge in [0.25, 0.3) is 0 Å². The number of pyridine rings is 1. The van der Waals surface area contributed by atoms with Crippen molar-refractivity contribution >= 4 is 21.6 Å². The van der Waals surface area contributed by atoms with Gasteiger partial charge in [0, 0.05) is 34.2 Å². The first kappa shape index (κ1) is 15.9. The first-order chi connectivity index (χ1) is 10.1. The van der Waals surface area contributed by atoms with E-state index in [-0.39, 0.29) is 11.9 Å². The van der Waals surface area contributed by atoms with Gasteiger partial charge >= 0.3 is 0 Å². The molecule has 1 aromatic heterocycles. The van der Waals surface area contributed by atoms with Gasteiger partial charge in [-0.15, -0.1) is 0 Å². The summed E-state index contributed by atoms with van der Waals surface area (Å²) in [7, 11) is 0. The first-order valence-corrected chi connectivity index (χ1v) is 7.77. The molecule has 0 radical (unpaired) electrons. The maximum Gasteiger partial charge on any atom is 0.128 e. The van der Waals surface area contributed by atoms with Crippen LogP contribution in [0, 0.1) is 5.82 Å². The summed E-state index contributed by atoms with van der Waals surface area (Å²) in [5, 5.41) is 3.39. The molecule has 0 saturated heterocycles. The molecule has 3 nitrogen and oxygen atoms in total. The summed E-state index contributed by atoms with van der Waals surface area (Å²) >= 11 is 3.40. The molecule has 5 heteroatoms. The molecule has 0 saturated carbocycles. The quantitative estimate of drug-likeness (QED) is 0.830. The molecule has 1 aromatic carbocycles. The number of nitrogen functional groups attached to an aromatic ring is 1. The number of hydrogen-bond donors (Lipinski definition) is 2. The Hall–Kier alpha value is -1.46. The molecule has 0 aliphatic rings. The lowest BCUT2D eigenvalue weighted by Crippen LogP contribution is -2.25. The second-order valence-corrected chi connectivity index (χ2v) is 5.87. The molecule has 2 rings (SSSR count). The fourth-order valence-corrected chi connectivity index (χ4v) is 2.60.